The third kappa shape index (κ3) is 9.50. The van der Waals surface area contributed by atoms with E-state index in [1.165, 1.54) is 17.4 Å². The van der Waals surface area contributed by atoms with Crippen LogP contribution in [0.3, 0.4) is 0 Å². The predicted molar refractivity (Wildman–Crippen MR) is 165 cm³/mol. The van der Waals surface area contributed by atoms with Gasteiger partial charge in [0, 0.05) is 70.0 Å². The molecule has 2 aliphatic heterocycles. The lowest BCUT2D eigenvalue weighted by Gasteiger charge is -2.43. The summed E-state index contributed by atoms with van der Waals surface area (Å²) in [6.45, 7) is 9.95. The van der Waals surface area contributed by atoms with Crippen LogP contribution in [0.2, 0.25) is 0 Å². The van der Waals surface area contributed by atoms with Gasteiger partial charge in [0.05, 0.1) is 0 Å². The van der Waals surface area contributed by atoms with Crippen LogP contribution in [0, 0.1) is 0 Å². The molecule has 0 spiro atoms. The highest BCUT2D eigenvalue weighted by molar-refractivity contribution is 7.19. The van der Waals surface area contributed by atoms with Crippen molar-refractivity contribution in [2.45, 2.75) is 71.8 Å². The number of nitrogens with one attached hydrogen (secondary N) is 2. The number of anilines is 3. The second-order valence-electron chi connectivity index (χ2n) is 10.6. The van der Waals surface area contributed by atoms with Crippen LogP contribution in [0.25, 0.3) is 0 Å². The molecular formula is C29H41F2N9O2S. The van der Waals surface area contributed by atoms with Gasteiger partial charge < -0.3 is 20.3 Å². The van der Waals surface area contributed by atoms with Crippen molar-refractivity contribution in [1.29, 1.82) is 0 Å². The highest BCUT2D eigenvalue weighted by atomic mass is 32.1. The van der Waals surface area contributed by atoms with Crippen LogP contribution in [-0.2, 0) is 11.3 Å². The van der Waals surface area contributed by atoms with E-state index in [-0.39, 0.29) is 30.2 Å². The van der Waals surface area contributed by atoms with E-state index in [0.29, 0.717) is 22.8 Å². The molecule has 2 aliphatic rings. The van der Waals surface area contributed by atoms with Crippen molar-refractivity contribution in [1.82, 2.24) is 30.2 Å². The minimum absolute atomic E-state index is 0.0538. The molecule has 2 aromatic heterocycles. The molecule has 0 bridgehead atoms. The van der Waals surface area contributed by atoms with Crippen molar-refractivity contribution in [2.75, 3.05) is 48.3 Å². The second kappa shape index (κ2) is 15.8. The lowest BCUT2D eigenvalue weighted by molar-refractivity contribution is -0.118. The topological polar surface area (TPSA) is 112 Å². The van der Waals surface area contributed by atoms with Gasteiger partial charge in [0.25, 0.3) is 0 Å². The number of hydrogen-bond acceptors (Lipinski definition) is 11. The zero-order valence-electron chi connectivity index (χ0n) is 25.1. The highest BCUT2D eigenvalue weighted by Gasteiger charge is 2.30. The molecule has 0 radical (unpaired) electrons. The van der Waals surface area contributed by atoms with Gasteiger partial charge >= 0.3 is 6.61 Å². The summed E-state index contributed by atoms with van der Waals surface area (Å²) in [6.07, 6.45) is 2.86. The molecule has 2 unspecified atom stereocenters. The molecule has 1 aromatic carbocycles. The molecule has 0 saturated carbocycles. The first kappa shape index (κ1) is 32.4. The molecular weight excluding hydrogens is 576 g/mol. The zero-order valence-corrected chi connectivity index (χ0v) is 25.9. The summed E-state index contributed by atoms with van der Waals surface area (Å²) in [4.78, 5) is 19.9. The van der Waals surface area contributed by atoms with Gasteiger partial charge in [0.15, 0.2) is 5.82 Å². The minimum atomic E-state index is -2.87. The first-order chi connectivity index (χ1) is 20.8. The molecule has 1 amide bonds. The number of nitrogens with zero attached hydrogens (tertiary/aromatic N) is 7. The molecule has 14 heteroatoms. The number of alkyl halides is 2. The standard InChI is InChI=1S/C27H35F2N9O2S.C2H6/c1-18(2)36-11-12-37(15-19-5-3-6-22(13-19)40-25(28)29)21(17-36)14-24(39)32-27-35-34-26(41-27)31-20-8-10-38(16-20)23-7-4-9-30-33-23;1-2/h3-7,9,13,18,20-21,25H,8,10-12,14-17H2,1-2H3,(H,31,34)(H,32,35,39);1-2H3. The molecule has 0 aliphatic carbocycles. The predicted octanol–water partition coefficient (Wildman–Crippen LogP) is 4.57. The molecule has 2 atom stereocenters. The van der Waals surface area contributed by atoms with Crippen LogP contribution >= 0.6 is 11.3 Å². The van der Waals surface area contributed by atoms with Crippen molar-refractivity contribution in [3.8, 4) is 5.75 Å². The quantitative estimate of drug-likeness (QED) is 0.317. The Kier molecular flexibility index (Phi) is 11.9. The van der Waals surface area contributed by atoms with Crippen molar-refractivity contribution in [3.63, 3.8) is 0 Å². The minimum Gasteiger partial charge on any atom is -0.435 e. The van der Waals surface area contributed by atoms with E-state index < -0.39 is 6.61 Å². The van der Waals surface area contributed by atoms with Gasteiger partial charge in [0.1, 0.15) is 5.75 Å². The maximum atomic E-state index is 13.1. The summed E-state index contributed by atoms with van der Waals surface area (Å²) in [6, 6.07) is 11.0. The largest absolute Gasteiger partial charge is 0.435 e. The molecule has 43 heavy (non-hydrogen) atoms. The Balaban J connectivity index is 0.00000207. The van der Waals surface area contributed by atoms with E-state index in [1.807, 2.05) is 32.0 Å². The molecule has 2 saturated heterocycles. The first-order valence-electron chi connectivity index (χ1n) is 14.8. The number of carbonyl (C=O) groups is 1. The first-order valence-corrected chi connectivity index (χ1v) is 15.6. The maximum absolute atomic E-state index is 13.1. The van der Waals surface area contributed by atoms with Crippen molar-refractivity contribution >= 4 is 33.3 Å². The Morgan fingerprint density at radius 2 is 1.88 bits per heavy atom. The van der Waals surface area contributed by atoms with Gasteiger partial charge in [-0.05, 0) is 50.1 Å². The normalized spacial score (nSPS) is 19.3. The van der Waals surface area contributed by atoms with Gasteiger partial charge in [-0.15, -0.1) is 15.3 Å². The van der Waals surface area contributed by atoms with Gasteiger partial charge in [-0.25, -0.2) is 0 Å². The SMILES string of the molecule is CC.CC(C)N1CCN(Cc2cccc(OC(F)F)c2)C(CC(=O)Nc2nnc(NC3CCN(c4cccnn4)C3)s2)C1. The average Bonchev–Trinajstić information content (AvgIpc) is 3.65. The number of carbonyl (C=O) groups excluding carboxylic acids is 1. The summed E-state index contributed by atoms with van der Waals surface area (Å²) in [5.41, 5.74) is 0.858. The number of halogens is 2. The van der Waals surface area contributed by atoms with Gasteiger partial charge in [-0.3, -0.25) is 14.6 Å². The van der Waals surface area contributed by atoms with E-state index in [9.17, 15) is 13.6 Å². The number of piperazine rings is 1. The summed E-state index contributed by atoms with van der Waals surface area (Å²) in [5.74, 6) is 0.842. The van der Waals surface area contributed by atoms with Crippen molar-refractivity contribution < 1.29 is 18.3 Å². The molecule has 11 nitrogen and oxygen atoms in total. The lowest BCUT2D eigenvalue weighted by atomic mass is 10.0. The number of benzene rings is 1. The Morgan fingerprint density at radius 1 is 1.07 bits per heavy atom. The zero-order chi connectivity index (χ0) is 30.8. The van der Waals surface area contributed by atoms with Crippen LogP contribution in [0.5, 0.6) is 5.75 Å². The Labute approximate surface area is 255 Å². The smallest absolute Gasteiger partial charge is 0.387 e. The fourth-order valence-electron chi connectivity index (χ4n) is 5.28. The average molecular weight is 618 g/mol. The Morgan fingerprint density at radius 3 is 2.63 bits per heavy atom. The fourth-order valence-corrected chi connectivity index (χ4v) is 6.02. The third-order valence-electron chi connectivity index (χ3n) is 7.37. The van der Waals surface area contributed by atoms with Crippen LogP contribution in [-0.4, -0.2) is 93.6 Å². The number of rotatable bonds is 11. The van der Waals surface area contributed by atoms with E-state index in [1.54, 1.807) is 18.3 Å². The Bertz CT molecular complexity index is 1280. The van der Waals surface area contributed by atoms with Gasteiger partial charge in [-0.2, -0.15) is 13.9 Å². The van der Waals surface area contributed by atoms with E-state index in [0.717, 1.165) is 50.5 Å². The van der Waals surface area contributed by atoms with E-state index in [2.05, 4.69) is 64.3 Å². The molecule has 234 valence electrons. The van der Waals surface area contributed by atoms with E-state index >= 15 is 0 Å². The maximum Gasteiger partial charge on any atom is 0.387 e. The van der Waals surface area contributed by atoms with E-state index in [4.69, 9.17) is 0 Å². The summed E-state index contributed by atoms with van der Waals surface area (Å²) < 4.78 is 30.0. The number of amides is 1. The molecule has 4 heterocycles. The van der Waals surface area contributed by atoms with Crippen LogP contribution in [0.1, 0.15) is 46.1 Å². The highest BCUT2D eigenvalue weighted by Crippen LogP contribution is 2.26. The summed E-state index contributed by atoms with van der Waals surface area (Å²) in [5, 5.41) is 24.0. The molecule has 2 fully saturated rings. The number of hydrogen-bond donors (Lipinski definition) is 2. The molecule has 2 N–H and O–H groups in total. The van der Waals surface area contributed by atoms with Gasteiger partial charge in [0.2, 0.25) is 16.2 Å². The van der Waals surface area contributed by atoms with Crippen LogP contribution in [0.15, 0.2) is 42.6 Å². The Hall–Kier alpha value is -3.49. The number of ether oxygens (including phenoxy) is 1. The molecule has 5 rings (SSSR count). The second-order valence-corrected chi connectivity index (χ2v) is 11.5. The summed E-state index contributed by atoms with van der Waals surface area (Å²) >= 11 is 1.31. The third-order valence-corrected chi connectivity index (χ3v) is 8.14. The van der Waals surface area contributed by atoms with Crippen molar-refractivity contribution in [3.05, 3.63) is 48.2 Å². The van der Waals surface area contributed by atoms with Gasteiger partial charge in [-0.1, -0.05) is 37.3 Å². The molecule has 3 aromatic rings. The van der Waals surface area contributed by atoms with Crippen molar-refractivity contribution in [2.24, 2.45) is 0 Å². The number of aromatic nitrogens is 4. The monoisotopic (exact) mass is 617 g/mol. The van der Waals surface area contributed by atoms with Crippen LogP contribution in [0.4, 0.5) is 24.9 Å². The summed E-state index contributed by atoms with van der Waals surface area (Å²) in [7, 11) is 0. The fraction of sp³-hybridized carbons (Fsp3) is 0.552. The lowest BCUT2D eigenvalue weighted by Crippen LogP contribution is -2.55. The van der Waals surface area contributed by atoms with Crippen LogP contribution < -0.4 is 20.3 Å².